The minimum absolute atomic E-state index is 0.222. The summed E-state index contributed by atoms with van der Waals surface area (Å²) in [6.07, 6.45) is 0. The van der Waals surface area contributed by atoms with Crippen LogP contribution in [0.15, 0.2) is 42.5 Å². The Hall–Kier alpha value is -1.17. The Kier molecular flexibility index (Phi) is 4.15. The van der Waals surface area contributed by atoms with E-state index in [0.29, 0.717) is 10.0 Å². The van der Waals surface area contributed by atoms with Gasteiger partial charge in [0.05, 0.1) is 16.1 Å². The Labute approximate surface area is 135 Å². The lowest BCUT2D eigenvalue weighted by molar-refractivity contribution is 0.629. The van der Waals surface area contributed by atoms with Gasteiger partial charge >= 0.3 is 0 Å². The first-order chi connectivity index (χ1) is 10.1. The molecule has 3 aromatic rings. The molecule has 0 aliphatic rings. The van der Waals surface area contributed by atoms with Gasteiger partial charge in [-0.2, -0.15) is 0 Å². The van der Waals surface area contributed by atoms with Crippen molar-refractivity contribution < 1.29 is 4.39 Å². The van der Waals surface area contributed by atoms with Gasteiger partial charge in [0.2, 0.25) is 0 Å². The smallest absolute Gasteiger partial charge is 0.123 e. The van der Waals surface area contributed by atoms with Crippen molar-refractivity contribution in [3.05, 3.63) is 68.8 Å². The van der Waals surface area contributed by atoms with Gasteiger partial charge in [0.25, 0.3) is 0 Å². The van der Waals surface area contributed by atoms with Crippen LogP contribution in [-0.2, 0) is 0 Å². The molecule has 0 spiro atoms. The van der Waals surface area contributed by atoms with Crippen LogP contribution in [0.25, 0.3) is 10.1 Å². The second kappa shape index (κ2) is 5.91. The van der Waals surface area contributed by atoms with Crippen LogP contribution in [0.1, 0.15) is 16.5 Å². The molecule has 0 saturated carbocycles. The number of nitrogens with one attached hydrogen (secondary N) is 1. The van der Waals surface area contributed by atoms with E-state index in [0.717, 1.165) is 20.5 Å². The molecule has 1 aromatic heterocycles. The lowest BCUT2D eigenvalue weighted by Gasteiger charge is -2.15. The monoisotopic (exact) mass is 340 g/mol. The summed E-state index contributed by atoms with van der Waals surface area (Å²) in [7, 11) is 0. The highest BCUT2D eigenvalue weighted by Gasteiger charge is 2.16. The predicted molar refractivity (Wildman–Crippen MR) is 87.4 cm³/mol. The van der Waals surface area contributed by atoms with Gasteiger partial charge < -0.3 is 0 Å². The Balaban J connectivity index is 2.06. The number of hydrogen-bond donors (Lipinski definition) is 2. The normalized spacial score (nSPS) is 12.8. The molecule has 2 aromatic carbocycles. The SMILES string of the molecule is NNC(c1ccc(Cl)c(Cl)c1)c1cc2cc(F)ccc2s1. The topological polar surface area (TPSA) is 38.0 Å². The number of halogens is 3. The van der Waals surface area contributed by atoms with Crippen LogP contribution in [0.4, 0.5) is 4.39 Å². The Morgan fingerprint density at radius 1 is 1.05 bits per heavy atom. The summed E-state index contributed by atoms with van der Waals surface area (Å²) in [4.78, 5) is 0.983. The standard InChI is InChI=1S/C15H11Cl2FN2S/c16-11-3-1-8(6-12(11)17)15(20-19)14-7-9-5-10(18)2-4-13(9)21-14/h1-7,15,20H,19H2. The molecule has 1 atom stereocenters. The largest absolute Gasteiger partial charge is 0.271 e. The first-order valence-corrected chi connectivity index (χ1v) is 7.76. The number of hydrazine groups is 1. The van der Waals surface area contributed by atoms with Crippen molar-refractivity contribution in [2.45, 2.75) is 6.04 Å². The molecule has 0 bridgehead atoms. The summed E-state index contributed by atoms with van der Waals surface area (Å²) in [5.41, 5.74) is 3.67. The minimum Gasteiger partial charge on any atom is -0.271 e. The highest BCUT2D eigenvalue weighted by molar-refractivity contribution is 7.19. The zero-order chi connectivity index (χ0) is 15.0. The average Bonchev–Trinajstić information content (AvgIpc) is 2.86. The van der Waals surface area contributed by atoms with E-state index in [4.69, 9.17) is 29.0 Å². The quantitative estimate of drug-likeness (QED) is 0.525. The Bertz CT molecular complexity index is 803. The van der Waals surface area contributed by atoms with Crippen LogP contribution >= 0.6 is 34.5 Å². The van der Waals surface area contributed by atoms with E-state index in [-0.39, 0.29) is 11.9 Å². The van der Waals surface area contributed by atoms with Crippen molar-refractivity contribution in [3.8, 4) is 0 Å². The summed E-state index contributed by atoms with van der Waals surface area (Å²) in [6, 6.07) is 11.8. The van der Waals surface area contributed by atoms with E-state index in [2.05, 4.69) is 5.43 Å². The van der Waals surface area contributed by atoms with Crippen molar-refractivity contribution >= 4 is 44.6 Å². The molecule has 3 rings (SSSR count). The third-order valence-electron chi connectivity index (χ3n) is 3.23. The molecule has 0 aliphatic carbocycles. The van der Waals surface area contributed by atoms with Gasteiger partial charge in [-0.05, 0) is 47.3 Å². The van der Waals surface area contributed by atoms with E-state index in [1.807, 2.05) is 12.1 Å². The first kappa shape index (κ1) is 14.8. The number of benzene rings is 2. The molecular weight excluding hydrogens is 330 g/mol. The van der Waals surface area contributed by atoms with Crippen molar-refractivity contribution in [3.63, 3.8) is 0 Å². The van der Waals surface area contributed by atoms with Crippen LogP contribution in [-0.4, -0.2) is 0 Å². The molecule has 21 heavy (non-hydrogen) atoms. The summed E-state index contributed by atoms with van der Waals surface area (Å²) >= 11 is 13.5. The van der Waals surface area contributed by atoms with Crippen LogP contribution < -0.4 is 11.3 Å². The molecule has 0 fully saturated rings. The maximum Gasteiger partial charge on any atom is 0.123 e. The predicted octanol–water partition coefficient (Wildman–Crippen LogP) is 4.90. The number of nitrogens with two attached hydrogens (primary N) is 1. The fraction of sp³-hybridized carbons (Fsp3) is 0.0667. The number of rotatable bonds is 3. The summed E-state index contributed by atoms with van der Waals surface area (Å²) in [6.45, 7) is 0. The second-order valence-corrected chi connectivity index (χ2v) is 6.53. The van der Waals surface area contributed by atoms with Crippen molar-refractivity contribution in [2.75, 3.05) is 0 Å². The highest BCUT2D eigenvalue weighted by atomic mass is 35.5. The molecule has 2 nitrogen and oxygen atoms in total. The van der Waals surface area contributed by atoms with Gasteiger partial charge in [-0.1, -0.05) is 29.3 Å². The van der Waals surface area contributed by atoms with Crippen LogP contribution in [0.2, 0.25) is 10.0 Å². The maximum atomic E-state index is 13.3. The van der Waals surface area contributed by atoms with E-state index >= 15 is 0 Å². The minimum atomic E-state index is -0.251. The Morgan fingerprint density at radius 3 is 2.57 bits per heavy atom. The van der Waals surface area contributed by atoms with Crippen molar-refractivity contribution in [2.24, 2.45) is 5.84 Å². The van der Waals surface area contributed by atoms with E-state index in [1.165, 1.54) is 12.1 Å². The zero-order valence-corrected chi connectivity index (χ0v) is 13.1. The summed E-state index contributed by atoms with van der Waals surface area (Å²) < 4.78 is 14.3. The molecule has 0 amide bonds. The number of hydrogen-bond acceptors (Lipinski definition) is 3. The van der Waals surface area contributed by atoms with Crippen LogP contribution in [0.3, 0.4) is 0 Å². The van der Waals surface area contributed by atoms with E-state index in [9.17, 15) is 4.39 Å². The third kappa shape index (κ3) is 2.91. The fourth-order valence-corrected chi connectivity index (χ4v) is 3.65. The van der Waals surface area contributed by atoms with Gasteiger partial charge in [0, 0.05) is 9.58 Å². The molecule has 3 N–H and O–H groups in total. The van der Waals surface area contributed by atoms with E-state index in [1.54, 1.807) is 29.5 Å². The summed E-state index contributed by atoms with van der Waals surface area (Å²) in [5.74, 6) is 5.43. The van der Waals surface area contributed by atoms with Crippen LogP contribution in [0, 0.1) is 5.82 Å². The van der Waals surface area contributed by atoms with Crippen LogP contribution in [0.5, 0.6) is 0 Å². The zero-order valence-electron chi connectivity index (χ0n) is 10.7. The van der Waals surface area contributed by atoms with Gasteiger partial charge in [0.1, 0.15) is 5.82 Å². The lowest BCUT2D eigenvalue weighted by Crippen LogP contribution is -2.28. The fourth-order valence-electron chi connectivity index (χ4n) is 2.21. The maximum absolute atomic E-state index is 13.3. The highest BCUT2D eigenvalue weighted by Crippen LogP contribution is 2.35. The lowest BCUT2D eigenvalue weighted by atomic mass is 10.1. The molecule has 0 radical (unpaired) electrons. The van der Waals surface area contributed by atoms with Gasteiger partial charge in [-0.3, -0.25) is 5.84 Å². The number of fused-ring (bicyclic) bond motifs is 1. The molecule has 1 unspecified atom stereocenters. The van der Waals surface area contributed by atoms with Crippen molar-refractivity contribution in [1.29, 1.82) is 0 Å². The van der Waals surface area contributed by atoms with E-state index < -0.39 is 0 Å². The first-order valence-electron chi connectivity index (χ1n) is 6.18. The van der Waals surface area contributed by atoms with Gasteiger partial charge in [-0.15, -0.1) is 11.3 Å². The molecule has 0 saturated heterocycles. The second-order valence-electron chi connectivity index (χ2n) is 4.60. The molecule has 1 heterocycles. The Morgan fingerprint density at radius 2 is 1.86 bits per heavy atom. The molecule has 108 valence electrons. The third-order valence-corrected chi connectivity index (χ3v) is 5.15. The van der Waals surface area contributed by atoms with Gasteiger partial charge in [-0.25, -0.2) is 9.82 Å². The average molecular weight is 341 g/mol. The molecular formula is C15H11Cl2FN2S. The molecule has 6 heteroatoms. The summed E-state index contributed by atoms with van der Waals surface area (Å²) in [5, 5.41) is 1.83. The van der Waals surface area contributed by atoms with Crippen molar-refractivity contribution in [1.82, 2.24) is 5.43 Å². The molecule has 0 aliphatic heterocycles. The number of thiophene rings is 1. The van der Waals surface area contributed by atoms with Gasteiger partial charge in [0.15, 0.2) is 0 Å².